The Hall–Kier alpha value is 0.155. The molecule has 0 saturated heterocycles. The first-order valence-electron chi connectivity index (χ1n) is 3.55. The van der Waals surface area contributed by atoms with Gasteiger partial charge in [-0.05, 0) is 11.7 Å². The molecule has 0 N–H and O–H groups in total. The lowest BCUT2D eigenvalue weighted by atomic mass is 9.43. The molecule has 1 unspecified atom stereocenters. The zero-order valence-electron chi connectivity index (χ0n) is 6.09. The lowest BCUT2D eigenvalue weighted by Crippen LogP contribution is -2.30. The van der Waals surface area contributed by atoms with Gasteiger partial charge in [-0.25, -0.2) is 0 Å². The first kappa shape index (κ1) is 7.26. The van der Waals surface area contributed by atoms with Crippen LogP contribution < -0.4 is 0 Å². The zero-order valence-corrected chi connectivity index (χ0v) is 6.99. The van der Waals surface area contributed by atoms with Crippen molar-refractivity contribution in [2.75, 3.05) is 0 Å². The highest BCUT2D eigenvalue weighted by Gasteiger charge is 2.32. The monoisotopic (exact) mass is 140 g/mol. The fraction of sp³-hybridized carbons (Fsp3) is 0.714. The van der Waals surface area contributed by atoms with Crippen molar-refractivity contribution < 1.29 is 0 Å². The van der Waals surface area contributed by atoms with Crippen LogP contribution in [-0.4, -0.2) is 12.5 Å². The molecule has 0 aliphatic carbocycles. The van der Waals surface area contributed by atoms with Crippen molar-refractivity contribution in [2.24, 2.45) is 0 Å². The van der Waals surface area contributed by atoms with Gasteiger partial charge in [-0.15, -0.1) is 5.98 Å². The van der Waals surface area contributed by atoms with Crippen molar-refractivity contribution in [2.45, 2.75) is 30.8 Å². The molecule has 0 radical (unpaired) electrons. The molecule has 2 atom stereocenters. The summed E-state index contributed by atoms with van der Waals surface area (Å²) in [7, 11) is 1.22. The van der Waals surface area contributed by atoms with Crippen LogP contribution in [-0.2, 0) is 0 Å². The largest absolute Gasteiger partial charge is 0.176 e. The zero-order chi connectivity index (χ0) is 6.91. The summed E-state index contributed by atoms with van der Waals surface area (Å²) in [6, 6.07) is 0. The van der Waals surface area contributed by atoms with Crippen molar-refractivity contribution in [1.29, 1.82) is 0 Å². The van der Waals surface area contributed by atoms with Crippen molar-refractivity contribution in [3.05, 3.63) is 12.1 Å². The highest BCUT2D eigenvalue weighted by atomic mass is 32.1. The lowest BCUT2D eigenvalue weighted by Gasteiger charge is -2.35. The van der Waals surface area contributed by atoms with Crippen LogP contribution in [0.25, 0.3) is 0 Å². The maximum absolute atomic E-state index is 4.49. The molecule has 0 spiro atoms. The summed E-state index contributed by atoms with van der Waals surface area (Å²) in [5, 5.41) is 0.972. The second-order valence-corrected chi connectivity index (χ2v) is 3.66. The molecule has 0 aromatic rings. The van der Waals surface area contributed by atoms with E-state index in [0.29, 0.717) is 10.6 Å². The summed E-state index contributed by atoms with van der Waals surface area (Å²) >= 11 is 4.49. The molecule has 2 heteroatoms. The van der Waals surface area contributed by atoms with Gasteiger partial charge in [-0.1, -0.05) is 19.9 Å². The first-order chi connectivity index (χ1) is 4.19. The third-order valence-corrected chi connectivity index (χ3v) is 3.16. The predicted octanol–water partition coefficient (Wildman–Crippen LogP) is 1.84. The average molecular weight is 140 g/mol. The summed E-state index contributed by atoms with van der Waals surface area (Å²) in [5.74, 6) is 2.22. The third-order valence-electron chi connectivity index (χ3n) is 2.20. The fourth-order valence-electron chi connectivity index (χ4n) is 1.20. The summed E-state index contributed by atoms with van der Waals surface area (Å²) in [5.41, 5.74) is 0. The first-order valence-corrected chi connectivity index (χ1v) is 4.06. The molecule has 1 aliphatic heterocycles. The topological polar surface area (TPSA) is 0 Å². The Kier molecular flexibility index (Phi) is 1.95. The normalized spacial score (nSPS) is 35.0. The molecule has 0 aromatic carbocycles. The highest BCUT2D eigenvalue weighted by molar-refractivity contribution is 7.81. The minimum atomic E-state index is 0.415. The molecule has 50 valence electrons. The van der Waals surface area contributed by atoms with Crippen LogP contribution in [0.15, 0.2) is 12.1 Å². The smallest absolute Gasteiger partial charge is 0.159 e. The van der Waals surface area contributed by atoms with E-state index in [1.54, 1.807) is 0 Å². The Morgan fingerprint density at radius 1 is 1.78 bits per heavy atom. The predicted molar refractivity (Wildman–Crippen MR) is 47.7 cm³/mol. The van der Waals surface area contributed by atoms with Gasteiger partial charge in [0, 0.05) is 5.25 Å². The molecule has 0 saturated carbocycles. The molecular formula is C7H13BS. The molecule has 0 nitrogen and oxygen atoms in total. The number of allylic oxidation sites excluding steroid dienone is 1. The van der Waals surface area contributed by atoms with E-state index in [1.165, 1.54) is 13.7 Å². The van der Waals surface area contributed by atoms with E-state index in [4.69, 9.17) is 0 Å². The molecule has 0 fully saturated rings. The van der Waals surface area contributed by atoms with Gasteiger partial charge in [0.25, 0.3) is 0 Å². The van der Waals surface area contributed by atoms with Crippen molar-refractivity contribution in [3.63, 3.8) is 0 Å². The minimum absolute atomic E-state index is 0.415. The van der Waals surface area contributed by atoms with Gasteiger partial charge >= 0.3 is 0 Å². The van der Waals surface area contributed by atoms with E-state index in [2.05, 4.69) is 38.5 Å². The Balaban J connectivity index is 2.50. The summed E-state index contributed by atoms with van der Waals surface area (Å²) in [6.45, 7) is 4.46. The molecule has 0 aromatic heterocycles. The number of thiol groups is 1. The average Bonchev–Trinajstić information content (AvgIpc) is 1.81. The Labute approximate surface area is 63.4 Å². The standard InChI is InChI=1S/C7H13BS/c1-3-6(9)7(2)4-5-8-7/h4-6,8-9H,3H2,1-2H3/t6-,7?/m1/s1. The lowest BCUT2D eigenvalue weighted by molar-refractivity contribution is 0.661. The van der Waals surface area contributed by atoms with E-state index in [9.17, 15) is 0 Å². The van der Waals surface area contributed by atoms with E-state index in [0.717, 1.165) is 0 Å². The summed E-state index contributed by atoms with van der Waals surface area (Å²) in [4.78, 5) is 0. The van der Waals surface area contributed by atoms with Gasteiger partial charge < -0.3 is 0 Å². The second kappa shape index (κ2) is 2.41. The summed E-state index contributed by atoms with van der Waals surface area (Å²) in [6.07, 6.45) is 3.44. The van der Waals surface area contributed by atoms with Crippen molar-refractivity contribution >= 4 is 19.9 Å². The van der Waals surface area contributed by atoms with Gasteiger partial charge in [0.05, 0.1) is 0 Å². The molecule has 9 heavy (non-hydrogen) atoms. The molecule has 1 aliphatic rings. The quantitative estimate of drug-likeness (QED) is 0.439. The number of rotatable bonds is 2. The highest BCUT2D eigenvalue weighted by Crippen LogP contribution is 2.41. The molecule has 1 rings (SSSR count). The Bertz CT molecular complexity index is 133. The molecule has 1 heterocycles. The van der Waals surface area contributed by atoms with Gasteiger partial charge in [0.15, 0.2) is 7.28 Å². The van der Waals surface area contributed by atoms with Crippen LogP contribution in [0.1, 0.15) is 20.3 Å². The molecule has 0 amide bonds. The maximum atomic E-state index is 4.49. The second-order valence-electron chi connectivity index (χ2n) is 3.04. The van der Waals surface area contributed by atoms with Crippen LogP contribution in [0.4, 0.5) is 0 Å². The fourth-order valence-corrected chi connectivity index (χ4v) is 1.39. The summed E-state index contributed by atoms with van der Waals surface area (Å²) < 4.78 is 0. The van der Waals surface area contributed by atoms with Crippen molar-refractivity contribution in [3.8, 4) is 0 Å². The Morgan fingerprint density at radius 2 is 2.33 bits per heavy atom. The SMILES string of the molecule is CC[C@@H](S)C1(C)BC=C1. The number of hydrogen-bond donors (Lipinski definition) is 1. The van der Waals surface area contributed by atoms with Crippen molar-refractivity contribution in [1.82, 2.24) is 0 Å². The van der Waals surface area contributed by atoms with Gasteiger partial charge in [0.1, 0.15) is 0 Å². The van der Waals surface area contributed by atoms with Gasteiger partial charge in [-0.2, -0.15) is 12.6 Å². The van der Waals surface area contributed by atoms with Crippen LogP contribution in [0, 0.1) is 0 Å². The van der Waals surface area contributed by atoms with Gasteiger partial charge in [-0.3, -0.25) is 0 Å². The van der Waals surface area contributed by atoms with Crippen LogP contribution >= 0.6 is 12.6 Å². The van der Waals surface area contributed by atoms with E-state index in [-0.39, 0.29) is 0 Å². The van der Waals surface area contributed by atoms with E-state index in [1.807, 2.05) is 0 Å². The third kappa shape index (κ3) is 1.18. The van der Waals surface area contributed by atoms with Crippen LogP contribution in [0.5, 0.6) is 0 Å². The van der Waals surface area contributed by atoms with Crippen LogP contribution in [0.2, 0.25) is 5.31 Å². The van der Waals surface area contributed by atoms with Crippen LogP contribution in [0.3, 0.4) is 0 Å². The van der Waals surface area contributed by atoms with E-state index < -0.39 is 0 Å². The molecular weight excluding hydrogens is 127 g/mol. The maximum Gasteiger partial charge on any atom is 0.159 e. The van der Waals surface area contributed by atoms with E-state index >= 15 is 0 Å². The molecule has 0 bridgehead atoms. The van der Waals surface area contributed by atoms with Gasteiger partial charge in [0.2, 0.25) is 0 Å². The Morgan fingerprint density at radius 3 is 2.44 bits per heavy atom. The number of hydrogen-bond acceptors (Lipinski definition) is 1. The minimum Gasteiger partial charge on any atom is -0.176 e.